The van der Waals surface area contributed by atoms with Crippen LogP contribution in [-0.4, -0.2) is 29.7 Å². The molecule has 1 saturated heterocycles. The lowest BCUT2D eigenvalue weighted by molar-refractivity contribution is -0.312. The average molecular weight is 227 g/mol. The Morgan fingerprint density at radius 3 is 2.62 bits per heavy atom. The topological polar surface area (TPSA) is 78.6 Å². The Labute approximate surface area is 94.3 Å². The molecule has 4 atom stereocenters. The van der Waals surface area contributed by atoms with Crippen molar-refractivity contribution in [1.29, 1.82) is 0 Å². The van der Waals surface area contributed by atoms with Crippen molar-refractivity contribution in [3.63, 3.8) is 0 Å². The third kappa shape index (κ3) is 1.74. The highest BCUT2D eigenvalue weighted by atomic mass is 16.7. The van der Waals surface area contributed by atoms with Gasteiger partial charge in [0.25, 0.3) is 0 Å². The normalized spacial score (nSPS) is 41.8. The van der Waals surface area contributed by atoms with Crippen LogP contribution < -0.4 is 5.73 Å². The molecule has 2 rings (SSSR count). The minimum absolute atomic E-state index is 0.113. The van der Waals surface area contributed by atoms with Gasteiger partial charge in [0.1, 0.15) is 11.9 Å². The molecule has 1 amide bonds. The molecule has 0 aromatic heterocycles. The van der Waals surface area contributed by atoms with Gasteiger partial charge >= 0.3 is 0 Å². The van der Waals surface area contributed by atoms with Crippen LogP contribution in [0.2, 0.25) is 0 Å². The molecule has 0 bridgehead atoms. The number of hydrogen-bond acceptors (Lipinski definition) is 4. The Bertz CT molecular complexity index is 339. The summed E-state index contributed by atoms with van der Waals surface area (Å²) in [6, 6.07) is 0. The van der Waals surface area contributed by atoms with Crippen LogP contribution in [0.25, 0.3) is 0 Å². The highest BCUT2D eigenvalue weighted by Gasteiger charge is 2.53. The number of rotatable bonds is 1. The smallest absolute Gasteiger partial charge is 0.247 e. The molecule has 4 unspecified atom stereocenters. The molecule has 0 aromatic carbocycles. The van der Waals surface area contributed by atoms with Gasteiger partial charge in [-0.15, -0.1) is 0 Å². The molecule has 1 heterocycles. The van der Waals surface area contributed by atoms with Crippen LogP contribution in [0.3, 0.4) is 0 Å². The molecule has 5 heteroatoms. The molecule has 1 saturated carbocycles. The Hall–Kier alpha value is -0.940. The predicted octanol–water partition coefficient (Wildman–Crippen LogP) is 0.217. The number of nitrogens with two attached hydrogens (primary N) is 1. The molecule has 0 aromatic rings. The van der Waals surface area contributed by atoms with Gasteiger partial charge in [-0.3, -0.25) is 9.59 Å². The van der Waals surface area contributed by atoms with Gasteiger partial charge < -0.3 is 15.2 Å². The lowest BCUT2D eigenvalue weighted by Gasteiger charge is -2.42. The summed E-state index contributed by atoms with van der Waals surface area (Å²) in [7, 11) is 0. The predicted molar refractivity (Wildman–Crippen MR) is 55.3 cm³/mol. The highest BCUT2D eigenvalue weighted by Crippen LogP contribution is 2.41. The van der Waals surface area contributed by atoms with Gasteiger partial charge in [-0.1, -0.05) is 6.92 Å². The second-order valence-electron chi connectivity index (χ2n) is 5.05. The van der Waals surface area contributed by atoms with Gasteiger partial charge in [-0.2, -0.15) is 0 Å². The van der Waals surface area contributed by atoms with Crippen LogP contribution >= 0.6 is 0 Å². The minimum atomic E-state index is -0.861. The van der Waals surface area contributed by atoms with Gasteiger partial charge in [-0.25, -0.2) is 0 Å². The van der Waals surface area contributed by atoms with Gasteiger partial charge in [-0.05, 0) is 13.8 Å². The van der Waals surface area contributed by atoms with Gasteiger partial charge in [0.2, 0.25) is 5.91 Å². The fourth-order valence-corrected chi connectivity index (χ4v) is 2.57. The first-order valence-electron chi connectivity index (χ1n) is 5.49. The quantitative estimate of drug-likeness (QED) is 0.695. The van der Waals surface area contributed by atoms with Crippen molar-refractivity contribution >= 4 is 11.7 Å². The summed E-state index contributed by atoms with van der Waals surface area (Å²) in [5, 5.41) is 0. The van der Waals surface area contributed by atoms with E-state index in [9.17, 15) is 9.59 Å². The average Bonchev–Trinajstić information content (AvgIpc) is 2.42. The van der Waals surface area contributed by atoms with Crippen LogP contribution in [0.4, 0.5) is 0 Å². The van der Waals surface area contributed by atoms with Crippen molar-refractivity contribution in [3.05, 3.63) is 0 Å². The zero-order valence-corrected chi connectivity index (χ0v) is 9.73. The summed E-state index contributed by atoms with van der Waals surface area (Å²) in [5.41, 5.74) is 5.30. The summed E-state index contributed by atoms with van der Waals surface area (Å²) in [5.74, 6) is -1.68. The standard InChI is InChI=1S/C11H17NO4/c1-5-7(13)4-6-8(5)15-11(2,3)16-9(6)10(12)14/h5-6,8-9H,4H2,1-3H3,(H2,12,14). The van der Waals surface area contributed by atoms with Gasteiger partial charge in [0.15, 0.2) is 5.79 Å². The Morgan fingerprint density at radius 1 is 1.44 bits per heavy atom. The summed E-state index contributed by atoms with van der Waals surface area (Å²) in [4.78, 5) is 23.0. The van der Waals surface area contributed by atoms with Crippen LogP contribution in [0.15, 0.2) is 0 Å². The van der Waals surface area contributed by atoms with E-state index >= 15 is 0 Å². The van der Waals surface area contributed by atoms with Crippen molar-refractivity contribution in [2.24, 2.45) is 17.6 Å². The molecule has 0 radical (unpaired) electrons. The highest BCUT2D eigenvalue weighted by molar-refractivity contribution is 5.87. The molecule has 1 aliphatic heterocycles. The number of hydrogen-bond donors (Lipinski definition) is 1. The summed E-state index contributed by atoms with van der Waals surface area (Å²) in [6.45, 7) is 5.29. The maximum Gasteiger partial charge on any atom is 0.247 e. The minimum Gasteiger partial charge on any atom is -0.367 e. The van der Waals surface area contributed by atoms with Crippen LogP contribution in [0.1, 0.15) is 27.2 Å². The van der Waals surface area contributed by atoms with E-state index in [4.69, 9.17) is 15.2 Å². The summed E-state index contributed by atoms with van der Waals surface area (Å²) >= 11 is 0. The van der Waals surface area contributed by atoms with Crippen molar-refractivity contribution < 1.29 is 19.1 Å². The molecule has 0 spiro atoms. The molecule has 2 N–H and O–H groups in total. The Balaban J connectivity index is 2.29. The fraction of sp³-hybridized carbons (Fsp3) is 0.818. The van der Waals surface area contributed by atoms with Crippen LogP contribution in [0.5, 0.6) is 0 Å². The third-order valence-electron chi connectivity index (χ3n) is 3.36. The molecular weight excluding hydrogens is 210 g/mol. The number of ketones is 1. The van der Waals surface area contributed by atoms with Crippen molar-refractivity contribution in [2.45, 2.75) is 45.2 Å². The number of Topliss-reactive ketones (excluding diaryl/α,β-unsaturated/α-hetero) is 1. The van der Waals surface area contributed by atoms with E-state index in [2.05, 4.69) is 0 Å². The van der Waals surface area contributed by atoms with E-state index in [1.807, 2.05) is 6.92 Å². The number of carbonyl (C=O) groups is 2. The second-order valence-corrected chi connectivity index (χ2v) is 5.05. The van der Waals surface area contributed by atoms with Crippen molar-refractivity contribution in [2.75, 3.05) is 0 Å². The Kier molecular flexibility index (Phi) is 2.55. The lowest BCUT2D eigenvalue weighted by Crippen LogP contribution is -2.54. The van der Waals surface area contributed by atoms with Crippen LogP contribution in [0, 0.1) is 11.8 Å². The molecular formula is C11H17NO4. The zero-order chi connectivity index (χ0) is 12.1. The van der Waals surface area contributed by atoms with E-state index in [-0.39, 0.29) is 23.7 Å². The van der Waals surface area contributed by atoms with E-state index < -0.39 is 17.8 Å². The molecule has 1 aliphatic carbocycles. The molecule has 2 fully saturated rings. The fourth-order valence-electron chi connectivity index (χ4n) is 2.57. The van der Waals surface area contributed by atoms with Crippen LogP contribution in [-0.2, 0) is 19.1 Å². The number of primary amides is 1. The summed E-state index contributed by atoms with van der Waals surface area (Å²) < 4.78 is 11.2. The first-order chi connectivity index (χ1) is 7.32. The number of carbonyl (C=O) groups excluding carboxylic acids is 2. The number of ether oxygens (including phenoxy) is 2. The first-order valence-corrected chi connectivity index (χ1v) is 5.49. The van der Waals surface area contributed by atoms with Crippen molar-refractivity contribution in [1.82, 2.24) is 0 Å². The summed E-state index contributed by atoms with van der Waals surface area (Å²) in [6.07, 6.45) is -0.661. The molecule has 2 aliphatic rings. The monoisotopic (exact) mass is 227 g/mol. The molecule has 5 nitrogen and oxygen atoms in total. The molecule has 90 valence electrons. The van der Waals surface area contributed by atoms with E-state index in [0.29, 0.717) is 6.42 Å². The maximum absolute atomic E-state index is 11.6. The van der Waals surface area contributed by atoms with E-state index in [1.54, 1.807) is 13.8 Å². The molecule has 16 heavy (non-hydrogen) atoms. The van der Waals surface area contributed by atoms with E-state index in [0.717, 1.165) is 0 Å². The van der Waals surface area contributed by atoms with Gasteiger partial charge in [0, 0.05) is 18.3 Å². The number of fused-ring (bicyclic) bond motifs is 1. The van der Waals surface area contributed by atoms with Crippen molar-refractivity contribution in [3.8, 4) is 0 Å². The maximum atomic E-state index is 11.6. The zero-order valence-electron chi connectivity index (χ0n) is 9.73. The first kappa shape index (κ1) is 11.5. The van der Waals surface area contributed by atoms with E-state index in [1.165, 1.54) is 0 Å². The SMILES string of the molecule is CC1C(=O)CC2C(C(N)=O)OC(C)(C)OC12. The second kappa shape index (κ2) is 3.53. The number of amides is 1. The van der Waals surface area contributed by atoms with Gasteiger partial charge in [0.05, 0.1) is 6.10 Å². The Morgan fingerprint density at radius 2 is 2.06 bits per heavy atom. The third-order valence-corrected chi connectivity index (χ3v) is 3.36. The largest absolute Gasteiger partial charge is 0.367 e. The lowest BCUT2D eigenvalue weighted by atomic mass is 9.93.